The standard InChI is InChI=1S/C13H10FNO3S2/c14-10-3-7(12(15)16)1-2-8(10)5-19-9-4-11(13(17)18)20-6-9/h1-4,6H,5H2,(H2,15,16)(H,17,18). The van der Waals surface area contributed by atoms with Gasteiger partial charge in [0, 0.05) is 21.6 Å². The molecule has 20 heavy (non-hydrogen) atoms. The highest BCUT2D eigenvalue weighted by Crippen LogP contribution is 2.28. The van der Waals surface area contributed by atoms with E-state index in [-0.39, 0.29) is 10.4 Å². The van der Waals surface area contributed by atoms with Crippen molar-refractivity contribution in [2.75, 3.05) is 0 Å². The number of benzene rings is 1. The van der Waals surface area contributed by atoms with Gasteiger partial charge in [-0.3, -0.25) is 4.79 Å². The fourth-order valence-corrected chi connectivity index (χ4v) is 3.34. The van der Waals surface area contributed by atoms with Crippen molar-refractivity contribution in [1.82, 2.24) is 0 Å². The molecule has 0 radical (unpaired) electrons. The number of rotatable bonds is 5. The lowest BCUT2D eigenvalue weighted by molar-refractivity contribution is 0.0701. The van der Waals surface area contributed by atoms with Crippen LogP contribution in [0, 0.1) is 5.82 Å². The molecule has 1 aromatic heterocycles. The summed E-state index contributed by atoms with van der Waals surface area (Å²) in [5, 5.41) is 10.5. The number of thiophene rings is 1. The number of hydrogen-bond acceptors (Lipinski definition) is 4. The Morgan fingerprint density at radius 3 is 2.65 bits per heavy atom. The van der Waals surface area contributed by atoms with Crippen molar-refractivity contribution in [3.8, 4) is 0 Å². The summed E-state index contributed by atoms with van der Waals surface area (Å²) in [5.74, 6) is -1.80. The van der Waals surface area contributed by atoms with Gasteiger partial charge in [0.25, 0.3) is 0 Å². The van der Waals surface area contributed by atoms with Crippen LogP contribution in [0.2, 0.25) is 0 Å². The van der Waals surface area contributed by atoms with Crippen molar-refractivity contribution in [2.45, 2.75) is 10.6 Å². The van der Waals surface area contributed by atoms with Crippen LogP contribution >= 0.6 is 23.1 Å². The van der Waals surface area contributed by atoms with Gasteiger partial charge in [-0.25, -0.2) is 9.18 Å². The van der Waals surface area contributed by atoms with E-state index in [4.69, 9.17) is 10.8 Å². The van der Waals surface area contributed by atoms with Crippen molar-refractivity contribution in [1.29, 1.82) is 0 Å². The van der Waals surface area contributed by atoms with E-state index < -0.39 is 17.7 Å². The van der Waals surface area contributed by atoms with Gasteiger partial charge >= 0.3 is 5.97 Å². The zero-order chi connectivity index (χ0) is 14.7. The second kappa shape index (κ2) is 6.06. The lowest BCUT2D eigenvalue weighted by Crippen LogP contribution is -2.11. The SMILES string of the molecule is NC(=O)c1ccc(CSc2csc(C(=O)O)c2)c(F)c1. The average Bonchev–Trinajstić information content (AvgIpc) is 2.86. The number of amides is 1. The lowest BCUT2D eigenvalue weighted by atomic mass is 10.1. The first-order chi connectivity index (χ1) is 9.47. The molecule has 1 heterocycles. The van der Waals surface area contributed by atoms with Gasteiger partial charge in [-0.05, 0) is 23.8 Å². The van der Waals surface area contributed by atoms with Gasteiger partial charge in [0.05, 0.1) is 0 Å². The third-order valence-electron chi connectivity index (χ3n) is 2.52. The molecule has 2 aromatic rings. The van der Waals surface area contributed by atoms with Gasteiger partial charge < -0.3 is 10.8 Å². The van der Waals surface area contributed by atoms with Gasteiger partial charge in [0.2, 0.25) is 5.91 Å². The number of thioether (sulfide) groups is 1. The fraction of sp³-hybridized carbons (Fsp3) is 0.0769. The average molecular weight is 311 g/mol. The highest BCUT2D eigenvalue weighted by molar-refractivity contribution is 7.98. The molecule has 4 nitrogen and oxygen atoms in total. The van der Waals surface area contributed by atoms with E-state index in [1.54, 1.807) is 11.4 Å². The molecule has 0 atom stereocenters. The molecule has 0 saturated carbocycles. The molecule has 0 aliphatic rings. The number of carbonyl (C=O) groups excluding carboxylic acids is 1. The molecule has 3 N–H and O–H groups in total. The molecule has 1 amide bonds. The van der Waals surface area contributed by atoms with Gasteiger partial charge in [-0.2, -0.15) is 0 Å². The Morgan fingerprint density at radius 1 is 1.35 bits per heavy atom. The van der Waals surface area contributed by atoms with E-state index in [1.165, 1.54) is 23.9 Å². The molecule has 1 aromatic carbocycles. The maximum Gasteiger partial charge on any atom is 0.345 e. The van der Waals surface area contributed by atoms with Gasteiger partial charge in [-0.1, -0.05) is 6.07 Å². The predicted octanol–water partition coefficient (Wildman–Crippen LogP) is 2.98. The normalized spacial score (nSPS) is 10.4. The summed E-state index contributed by atoms with van der Waals surface area (Å²) in [6.07, 6.45) is 0. The summed E-state index contributed by atoms with van der Waals surface area (Å²) in [6, 6.07) is 5.63. The summed E-state index contributed by atoms with van der Waals surface area (Å²) >= 11 is 2.46. The van der Waals surface area contributed by atoms with Crippen LogP contribution < -0.4 is 5.73 Å². The summed E-state index contributed by atoms with van der Waals surface area (Å²) in [5.41, 5.74) is 5.62. The van der Waals surface area contributed by atoms with E-state index in [0.717, 1.165) is 22.3 Å². The molecule has 0 fully saturated rings. The number of aromatic carboxylic acids is 1. The van der Waals surface area contributed by atoms with Gasteiger partial charge in [-0.15, -0.1) is 23.1 Å². The van der Waals surface area contributed by atoms with Crippen molar-refractivity contribution in [3.63, 3.8) is 0 Å². The quantitative estimate of drug-likeness (QED) is 0.832. The topological polar surface area (TPSA) is 80.4 Å². The molecule has 0 saturated heterocycles. The third-order valence-corrected chi connectivity index (χ3v) is 4.61. The molecule has 0 aliphatic carbocycles. The first-order valence-corrected chi connectivity index (χ1v) is 7.37. The number of carbonyl (C=O) groups is 2. The minimum absolute atomic E-state index is 0.125. The summed E-state index contributed by atoms with van der Waals surface area (Å²) in [7, 11) is 0. The highest BCUT2D eigenvalue weighted by Gasteiger charge is 2.10. The maximum atomic E-state index is 13.7. The zero-order valence-electron chi connectivity index (χ0n) is 10.1. The smallest absolute Gasteiger partial charge is 0.345 e. The van der Waals surface area contributed by atoms with Crippen molar-refractivity contribution in [3.05, 3.63) is 51.5 Å². The van der Waals surface area contributed by atoms with Crippen LogP contribution in [-0.4, -0.2) is 17.0 Å². The number of halogens is 1. The molecule has 2 rings (SSSR count). The molecule has 0 aliphatic heterocycles. The van der Waals surface area contributed by atoms with Crippen LogP contribution in [0.1, 0.15) is 25.6 Å². The minimum Gasteiger partial charge on any atom is -0.477 e. The van der Waals surface area contributed by atoms with Gasteiger partial charge in [0.15, 0.2) is 0 Å². The molecular weight excluding hydrogens is 301 g/mol. The number of primary amides is 1. The Hall–Kier alpha value is -1.86. The van der Waals surface area contributed by atoms with E-state index in [2.05, 4.69) is 0 Å². The summed E-state index contributed by atoms with van der Waals surface area (Å²) < 4.78 is 13.7. The minimum atomic E-state index is -0.973. The molecule has 104 valence electrons. The van der Waals surface area contributed by atoms with Crippen LogP contribution in [0.25, 0.3) is 0 Å². The van der Waals surface area contributed by atoms with Crippen LogP contribution in [0.4, 0.5) is 4.39 Å². The second-order valence-electron chi connectivity index (χ2n) is 3.91. The Balaban J connectivity index is 2.06. The van der Waals surface area contributed by atoms with E-state index in [1.807, 2.05) is 0 Å². The molecule has 0 unspecified atom stereocenters. The molecule has 0 bridgehead atoms. The third kappa shape index (κ3) is 3.37. The monoisotopic (exact) mass is 311 g/mol. The zero-order valence-corrected chi connectivity index (χ0v) is 11.8. The summed E-state index contributed by atoms with van der Waals surface area (Å²) in [4.78, 5) is 22.7. The van der Waals surface area contributed by atoms with Crippen molar-refractivity contribution < 1.29 is 19.1 Å². The highest BCUT2D eigenvalue weighted by atomic mass is 32.2. The van der Waals surface area contributed by atoms with E-state index in [9.17, 15) is 14.0 Å². The number of nitrogens with two attached hydrogens (primary N) is 1. The predicted molar refractivity (Wildman–Crippen MR) is 75.8 cm³/mol. The maximum absolute atomic E-state index is 13.7. The molecular formula is C13H10FNO3S2. The van der Waals surface area contributed by atoms with Crippen LogP contribution in [0.5, 0.6) is 0 Å². The number of carboxylic acid groups (broad SMARTS) is 1. The van der Waals surface area contributed by atoms with Crippen molar-refractivity contribution >= 4 is 35.0 Å². The van der Waals surface area contributed by atoms with E-state index in [0.29, 0.717) is 11.3 Å². The molecule has 7 heteroatoms. The first kappa shape index (κ1) is 14.5. The van der Waals surface area contributed by atoms with Crippen LogP contribution in [0.15, 0.2) is 34.5 Å². The van der Waals surface area contributed by atoms with E-state index >= 15 is 0 Å². The molecule has 0 spiro atoms. The Labute approximate surface area is 122 Å². The van der Waals surface area contributed by atoms with Crippen LogP contribution in [-0.2, 0) is 5.75 Å². The Bertz CT molecular complexity index is 669. The lowest BCUT2D eigenvalue weighted by Gasteiger charge is -2.03. The van der Waals surface area contributed by atoms with Gasteiger partial charge in [0.1, 0.15) is 10.7 Å². The number of hydrogen-bond donors (Lipinski definition) is 2. The fourth-order valence-electron chi connectivity index (χ4n) is 1.49. The first-order valence-electron chi connectivity index (χ1n) is 5.50. The largest absolute Gasteiger partial charge is 0.477 e. The Kier molecular flexibility index (Phi) is 4.41. The second-order valence-corrected chi connectivity index (χ2v) is 5.87. The Morgan fingerprint density at radius 2 is 2.10 bits per heavy atom. The number of carboxylic acids is 1. The van der Waals surface area contributed by atoms with Crippen molar-refractivity contribution in [2.24, 2.45) is 5.73 Å². The summed E-state index contributed by atoms with van der Waals surface area (Å²) in [6.45, 7) is 0. The van der Waals surface area contributed by atoms with Crippen LogP contribution in [0.3, 0.4) is 0 Å².